The molecule has 0 aromatic heterocycles. The monoisotopic (exact) mass is 255 g/mol. The number of hydrogen-bond acceptors (Lipinski definition) is 2. The number of ether oxygens (including phenoxy) is 1. The summed E-state index contributed by atoms with van der Waals surface area (Å²) in [6.45, 7) is 15.8. The average Bonchev–Trinajstić information content (AvgIpc) is 2.29. The minimum absolute atomic E-state index is 0.340. The first-order valence-electron chi connectivity index (χ1n) is 7.68. The van der Waals surface area contributed by atoms with Crippen LogP contribution in [0.2, 0.25) is 0 Å². The molecule has 3 unspecified atom stereocenters. The molecule has 0 radical (unpaired) electrons. The van der Waals surface area contributed by atoms with Gasteiger partial charge in [0.05, 0.1) is 6.10 Å². The zero-order chi connectivity index (χ0) is 13.8. The predicted octanol–water partition coefficient (Wildman–Crippen LogP) is 4.00. The van der Waals surface area contributed by atoms with Gasteiger partial charge < -0.3 is 10.1 Å². The molecule has 2 nitrogen and oxygen atoms in total. The van der Waals surface area contributed by atoms with E-state index in [2.05, 4.69) is 46.9 Å². The Hall–Kier alpha value is -0.0800. The first-order valence-corrected chi connectivity index (χ1v) is 7.68. The lowest BCUT2D eigenvalue weighted by molar-refractivity contribution is -0.132. The van der Waals surface area contributed by atoms with Crippen LogP contribution in [0.5, 0.6) is 0 Å². The Morgan fingerprint density at radius 2 is 1.94 bits per heavy atom. The molecule has 1 aliphatic carbocycles. The molecule has 0 aliphatic heterocycles. The van der Waals surface area contributed by atoms with Crippen LogP contribution in [0.4, 0.5) is 0 Å². The minimum atomic E-state index is 0.340. The van der Waals surface area contributed by atoms with Gasteiger partial charge in [0.15, 0.2) is 0 Å². The zero-order valence-corrected chi connectivity index (χ0v) is 13.3. The summed E-state index contributed by atoms with van der Waals surface area (Å²) in [5, 5.41) is 3.67. The van der Waals surface area contributed by atoms with E-state index in [1.54, 1.807) is 0 Å². The zero-order valence-electron chi connectivity index (χ0n) is 13.3. The number of rotatable bonds is 7. The fourth-order valence-electron chi connectivity index (χ4n) is 2.69. The molecule has 0 spiro atoms. The van der Waals surface area contributed by atoms with Crippen molar-refractivity contribution in [2.45, 2.75) is 79.4 Å². The SMILES string of the molecule is CCCNC1CC(OCCC(C)(C)C)C1(C)CC. The molecule has 1 aliphatic rings. The summed E-state index contributed by atoms with van der Waals surface area (Å²) in [4.78, 5) is 0. The van der Waals surface area contributed by atoms with E-state index < -0.39 is 0 Å². The van der Waals surface area contributed by atoms with E-state index in [-0.39, 0.29) is 0 Å². The Kier molecular flexibility index (Phi) is 5.67. The van der Waals surface area contributed by atoms with Crippen molar-refractivity contribution in [3.8, 4) is 0 Å². The summed E-state index contributed by atoms with van der Waals surface area (Å²) in [5.74, 6) is 0. The van der Waals surface area contributed by atoms with Crippen molar-refractivity contribution in [2.75, 3.05) is 13.2 Å². The van der Waals surface area contributed by atoms with Crippen molar-refractivity contribution in [3.05, 3.63) is 0 Å². The van der Waals surface area contributed by atoms with Crippen LogP contribution >= 0.6 is 0 Å². The Bertz CT molecular complexity index is 246. The smallest absolute Gasteiger partial charge is 0.0658 e. The van der Waals surface area contributed by atoms with Crippen LogP contribution in [-0.4, -0.2) is 25.3 Å². The number of hydrogen-bond donors (Lipinski definition) is 1. The van der Waals surface area contributed by atoms with Gasteiger partial charge in [0, 0.05) is 18.1 Å². The van der Waals surface area contributed by atoms with Crippen molar-refractivity contribution in [2.24, 2.45) is 10.8 Å². The van der Waals surface area contributed by atoms with Crippen LogP contribution < -0.4 is 5.32 Å². The Balaban J connectivity index is 2.35. The molecule has 0 saturated heterocycles. The summed E-state index contributed by atoms with van der Waals surface area (Å²) in [5.41, 5.74) is 0.722. The predicted molar refractivity (Wildman–Crippen MR) is 78.9 cm³/mol. The maximum absolute atomic E-state index is 6.13. The molecule has 0 bridgehead atoms. The van der Waals surface area contributed by atoms with Crippen LogP contribution in [0.15, 0.2) is 0 Å². The highest BCUT2D eigenvalue weighted by Crippen LogP contribution is 2.46. The third-order valence-corrected chi connectivity index (χ3v) is 4.55. The molecule has 1 fully saturated rings. The molecule has 1 rings (SSSR count). The van der Waals surface area contributed by atoms with Crippen molar-refractivity contribution in [1.29, 1.82) is 0 Å². The third kappa shape index (κ3) is 3.96. The van der Waals surface area contributed by atoms with Gasteiger partial charge in [0.1, 0.15) is 0 Å². The van der Waals surface area contributed by atoms with Crippen LogP contribution in [0.1, 0.15) is 67.2 Å². The van der Waals surface area contributed by atoms with Gasteiger partial charge in [-0.3, -0.25) is 0 Å². The first kappa shape index (κ1) is 16.0. The highest BCUT2D eigenvalue weighted by molar-refractivity contribution is 5.04. The quantitative estimate of drug-likeness (QED) is 0.742. The molecule has 0 heterocycles. The second kappa shape index (κ2) is 6.38. The van der Waals surface area contributed by atoms with E-state index in [1.165, 1.54) is 19.3 Å². The lowest BCUT2D eigenvalue weighted by Crippen LogP contribution is -2.62. The molecule has 2 heteroatoms. The molecular formula is C16H33NO. The second-order valence-corrected chi connectivity index (χ2v) is 7.27. The summed E-state index contributed by atoms with van der Waals surface area (Å²) >= 11 is 0. The van der Waals surface area contributed by atoms with Gasteiger partial charge in [-0.05, 0) is 37.6 Å². The van der Waals surface area contributed by atoms with E-state index in [0.717, 1.165) is 19.6 Å². The molecule has 1 saturated carbocycles. The molecule has 0 aromatic carbocycles. The molecule has 0 amide bonds. The fourth-order valence-corrected chi connectivity index (χ4v) is 2.69. The summed E-state index contributed by atoms with van der Waals surface area (Å²) < 4.78 is 6.13. The van der Waals surface area contributed by atoms with Gasteiger partial charge in [-0.25, -0.2) is 0 Å². The van der Waals surface area contributed by atoms with Crippen molar-refractivity contribution in [1.82, 2.24) is 5.32 Å². The topological polar surface area (TPSA) is 21.3 Å². The standard InChI is InChI=1S/C16H33NO/c1-7-10-17-13-12-14(16(13,6)8-2)18-11-9-15(3,4)5/h13-14,17H,7-12H2,1-6H3. The van der Waals surface area contributed by atoms with Gasteiger partial charge in [-0.15, -0.1) is 0 Å². The van der Waals surface area contributed by atoms with E-state index >= 15 is 0 Å². The molecule has 18 heavy (non-hydrogen) atoms. The van der Waals surface area contributed by atoms with Crippen LogP contribution in [0.3, 0.4) is 0 Å². The van der Waals surface area contributed by atoms with Crippen LogP contribution in [-0.2, 0) is 4.74 Å². The summed E-state index contributed by atoms with van der Waals surface area (Å²) in [6, 6.07) is 0.655. The lowest BCUT2D eigenvalue weighted by atomic mass is 9.61. The lowest BCUT2D eigenvalue weighted by Gasteiger charge is -2.54. The van der Waals surface area contributed by atoms with E-state index in [4.69, 9.17) is 4.74 Å². The molecular weight excluding hydrogens is 222 g/mol. The Morgan fingerprint density at radius 3 is 2.44 bits per heavy atom. The highest BCUT2D eigenvalue weighted by atomic mass is 16.5. The Morgan fingerprint density at radius 1 is 1.28 bits per heavy atom. The third-order valence-electron chi connectivity index (χ3n) is 4.55. The summed E-state index contributed by atoms with van der Waals surface area (Å²) in [6.07, 6.45) is 5.21. The van der Waals surface area contributed by atoms with Crippen LogP contribution in [0.25, 0.3) is 0 Å². The largest absolute Gasteiger partial charge is 0.378 e. The number of nitrogens with one attached hydrogen (secondary N) is 1. The summed E-state index contributed by atoms with van der Waals surface area (Å²) in [7, 11) is 0. The fraction of sp³-hybridized carbons (Fsp3) is 1.00. The van der Waals surface area contributed by atoms with E-state index in [9.17, 15) is 0 Å². The first-order chi connectivity index (χ1) is 8.33. The van der Waals surface area contributed by atoms with Gasteiger partial charge in [-0.2, -0.15) is 0 Å². The van der Waals surface area contributed by atoms with Crippen LogP contribution in [0, 0.1) is 10.8 Å². The van der Waals surface area contributed by atoms with Crippen molar-refractivity contribution >= 4 is 0 Å². The maximum atomic E-state index is 6.13. The maximum Gasteiger partial charge on any atom is 0.0658 e. The van der Waals surface area contributed by atoms with Crippen molar-refractivity contribution in [3.63, 3.8) is 0 Å². The highest BCUT2D eigenvalue weighted by Gasteiger charge is 2.50. The normalized spacial score (nSPS) is 32.3. The second-order valence-electron chi connectivity index (χ2n) is 7.27. The van der Waals surface area contributed by atoms with Gasteiger partial charge in [0.25, 0.3) is 0 Å². The van der Waals surface area contributed by atoms with E-state index in [0.29, 0.717) is 23.0 Å². The molecule has 0 aromatic rings. The average molecular weight is 255 g/mol. The molecule has 3 atom stereocenters. The van der Waals surface area contributed by atoms with Gasteiger partial charge in [0.2, 0.25) is 0 Å². The van der Waals surface area contributed by atoms with Gasteiger partial charge in [-0.1, -0.05) is 41.5 Å². The molecule has 108 valence electrons. The van der Waals surface area contributed by atoms with Crippen molar-refractivity contribution < 1.29 is 4.74 Å². The molecule has 1 N–H and O–H groups in total. The minimum Gasteiger partial charge on any atom is -0.378 e. The van der Waals surface area contributed by atoms with Gasteiger partial charge >= 0.3 is 0 Å². The Labute approximate surface area is 114 Å². The van der Waals surface area contributed by atoms with E-state index in [1.807, 2.05) is 0 Å².